The Morgan fingerprint density at radius 2 is 1.82 bits per heavy atom. The van der Waals surface area contributed by atoms with Gasteiger partial charge in [-0.15, -0.1) is 22.7 Å². The van der Waals surface area contributed by atoms with E-state index in [1.54, 1.807) is 22.7 Å². The van der Waals surface area contributed by atoms with Gasteiger partial charge in [-0.25, -0.2) is 0 Å². The molecular formula is C13H9BrOS2. The van der Waals surface area contributed by atoms with Gasteiger partial charge in [-0.05, 0) is 35.2 Å². The quantitative estimate of drug-likeness (QED) is 0.717. The Morgan fingerprint density at radius 1 is 1.06 bits per heavy atom. The number of halogens is 1. The molecular weight excluding hydrogens is 316 g/mol. The maximum Gasteiger partial charge on any atom is 0.113 e. The Bertz CT molecular complexity index is 610. The number of thiophene rings is 2. The van der Waals surface area contributed by atoms with Crippen LogP contribution in [0.2, 0.25) is 0 Å². The van der Waals surface area contributed by atoms with E-state index in [0.29, 0.717) is 0 Å². The number of hydrogen-bond donors (Lipinski definition) is 1. The average molecular weight is 325 g/mol. The highest BCUT2D eigenvalue weighted by atomic mass is 79.9. The lowest BCUT2D eigenvalue weighted by Crippen LogP contribution is -1.96. The van der Waals surface area contributed by atoms with Crippen LogP contribution < -0.4 is 0 Å². The molecule has 1 aromatic carbocycles. The van der Waals surface area contributed by atoms with Crippen molar-refractivity contribution in [3.8, 4) is 0 Å². The van der Waals surface area contributed by atoms with Crippen molar-refractivity contribution < 1.29 is 5.11 Å². The second kappa shape index (κ2) is 4.53. The fourth-order valence-corrected chi connectivity index (χ4v) is 4.13. The van der Waals surface area contributed by atoms with Crippen LogP contribution in [-0.4, -0.2) is 5.11 Å². The van der Waals surface area contributed by atoms with Gasteiger partial charge in [0, 0.05) is 18.7 Å². The zero-order chi connectivity index (χ0) is 11.8. The van der Waals surface area contributed by atoms with Gasteiger partial charge in [0.1, 0.15) is 6.10 Å². The highest BCUT2D eigenvalue weighted by molar-refractivity contribution is 9.10. The van der Waals surface area contributed by atoms with E-state index < -0.39 is 6.10 Å². The number of aliphatic hydroxyl groups excluding tert-OH is 1. The summed E-state index contributed by atoms with van der Waals surface area (Å²) >= 11 is 6.77. The van der Waals surface area contributed by atoms with Gasteiger partial charge in [0.25, 0.3) is 0 Å². The van der Waals surface area contributed by atoms with Crippen molar-refractivity contribution in [2.75, 3.05) is 0 Å². The summed E-state index contributed by atoms with van der Waals surface area (Å²) in [6.07, 6.45) is -0.521. The fraction of sp³-hybridized carbons (Fsp3) is 0.0769. The molecule has 0 amide bonds. The van der Waals surface area contributed by atoms with Crippen LogP contribution in [0.4, 0.5) is 0 Å². The van der Waals surface area contributed by atoms with Gasteiger partial charge in [0.15, 0.2) is 0 Å². The van der Waals surface area contributed by atoms with Crippen LogP contribution in [0, 0.1) is 0 Å². The SMILES string of the molecule is OC(c1ccc(Br)cc1)c1cc2sccc2s1. The first-order valence-electron chi connectivity index (χ1n) is 5.14. The molecule has 0 aliphatic carbocycles. The second-order valence-electron chi connectivity index (χ2n) is 3.75. The van der Waals surface area contributed by atoms with Crippen molar-refractivity contribution in [3.63, 3.8) is 0 Å². The van der Waals surface area contributed by atoms with Crippen molar-refractivity contribution in [2.45, 2.75) is 6.10 Å². The standard InChI is InChI=1S/C13H9BrOS2/c14-9-3-1-8(2-4-9)13(15)12-7-11-10(17-12)5-6-16-11/h1-7,13,15H. The van der Waals surface area contributed by atoms with Gasteiger partial charge in [-0.1, -0.05) is 28.1 Å². The van der Waals surface area contributed by atoms with Crippen molar-refractivity contribution in [1.82, 2.24) is 0 Å². The molecule has 2 heterocycles. The molecule has 0 radical (unpaired) electrons. The van der Waals surface area contributed by atoms with Crippen LogP contribution in [-0.2, 0) is 0 Å². The molecule has 4 heteroatoms. The van der Waals surface area contributed by atoms with Crippen LogP contribution in [0.5, 0.6) is 0 Å². The molecule has 0 spiro atoms. The molecule has 2 aromatic heterocycles. The topological polar surface area (TPSA) is 20.2 Å². The van der Waals surface area contributed by atoms with Gasteiger partial charge in [0.2, 0.25) is 0 Å². The lowest BCUT2D eigenvalue weighted by Gasteiger charge is -2.08. The first-order valence-corrected chi connectivity index (χ1v) is 7.63. The maximum absolute atomic E-state index is 10.3. The normalized spacial score (nSPS) is 13.1. The monoisotopic (exact) mass is 324 g/mol. The Hall–Kier alpha value is -0.680. The Kier molecular flexibility index (Phi) is 3.04. The molecule has 0 fully saturated rings. The molecule has 1 nitrogen and oxygen atoms in total. The van der Waals surface area contributed by atoms with Crippen molar-refractivity contribution >= 4 is 48.0 Å². The van der Waals surface area contributed by atoms with Crippen molar-refractivity contribution in [1.29, 1.82) is 0 Å². The van der Waals surface area contributed by atoms with Crippen LogP contribution in [0.25, 0.3) is 9.40 Å². The Balaban J connectivity index is 1.98. The molecule has 3 rings (SSSR count). The average Bonchev–Trinajstić information content (AvgIpc) is 2.89. The van der Waals surface area contributed by atoms with Crippen LogP contribution in [0.3, 0.4) is 0 Å². The summed E-state index contributed by atoms with van der Waals surface area (Å²) < 4.78 is 3.53. The lowest BCUT2D eigenvalue weighted by atomic mass is 10.1. The first-order chi connectivity index (χ1) is 8.24. The maximum atomic E-state index is 10.3. The van der Waals surface area contributed by atoms with Gasteiger partial charge in [0.05, 0.1) is 0 Å². The number of aliphatic hydroxyl groups is 1. The Labute approximate surface area is 115 Å². The highest BCUT2D eigenvalue weighted by Crippen LogP contribution is 2.35. The van der Waals surface area contributed by atoms with E-state index in [1.807, 2.05) is 24.3 Å². The lowest BCUT2D eigenvalue weighted by molar-refractivity contribution is 0.224. The third-order valence-electron chi connectivity index (χ3n) is 2.61. The number of fused-ring (bicyclic) bond motifs is 1. The molecule has 0 saturated carbocycles. The predicted octanol–water partition coefficient (Wildman–Crippen LogP) is 4.81. The molecule has 0 aliphatic heterocycles. The number of rotatable bonds is 2. The molecule has 0 saturated heterocycles. The minimum atomic E-state index is -0.521. The van der Waals surface area contributed by atoms with E-state index in [2.05, 4.69) is 33.4 Å². The predicted molar refractivity (Wildman–Crippen MR) is 77.9 cm³/mol. The van der Waals surface area contributed by atoms with Gasteiger partial charge in [-0.3, -0.25) is 0 Å². The van der Waals surface area contributed by atoms with E-state index in [4.69, 9.17) is 0 Å². The summed E-state index contributed by atoms with van der Waals surface area (Å²) in [4.78, 5) is 1.01. The van der Waals surface area contributed by atoms with E-state index >= 15 is 0 Å². The van der Waals surface area contributed by atoms with Crippen LogP contribution >= 0.6 is 38.6 Å². The molecule has 1 atom stereocenters. The van der Waals surface area contributed by atoms with E-state index in [9.17, 15) is 5.11 Å². The Morgan fingerprint density at radius 3 is 2.53 bits per heavy atom. The van der Waals surface area contributed by atoms with E-state index in [1.165, 1.54) is 9.40 Å². The first kappa shape index (κ1) is 11.4. The zero-order valence-corrected chi connectivity index (χ0v) is 12.0. The summed E-state index contributed by atoms with van der Waals surface area (Å²) in [5, 5.41) is 12.4. The summed E-state index contributed by atoms with van der Waals surface area (Å²) in [5.41, 5.74) is 0.933. The van der Waals surface area contributed by atoms with Crippen LogP contribution in [0.1, 0.15) is 16.5 Å². The van der Waals surface area contributed by atoms with Crippen LogP contribution in [0.15, 0.2) is 46.3 Å². The third-order valence-corrected chi connectivity index (χ3v) is 5.29. The number of hydrogen-bond acceptors (Lipinski definition) is 3. The minimum absolute atomic E-state index is 0.521. The largest absolute Gasteiger partial charge is 0.383 e. The molecule has 1 N–H and O–H groups in total. The summed E-state index contributed by atoms with van der Waals surface area (Å²) in [7, 11) is 0. The van der Waals surface area contributed by atoms with Gasteiger partial charge < -0.3 is 5.11 Å². The molecule has 86 valence electrons. The molecule has 3 aromatic rings. The molecule has 1 unspecified atom stereocenters. The van der Waals surface area contributed by atoms with E-state index in [0.717, 1.165) is 14.9 Å². The van der Waals surface area contributed by atoms with Gasteiger partial charge in [-0.2, -0.15) is 0 Å². The molecule has 0 bridgehead atoms. The second-order valence-corrected chi connectivity index (χ2v) is 6.73. The summed E-state index contributed by atoms with van der Waals surface area (Å²) in [5.74, 6) is 0. The number of benzene rings is 1. The highest BCUT2D eigenvalue weighted by Gasteiger charge is 2.14. The van der Waals surface area contributed by atoms with Crippen molar-refractivity contribution in [2.24, 2.45) is 0 Å². The third kappa shape index (κ3) is 2.18. The smallest absolute Gasteiger partial charge is 0.113 e. The van der Waals surface area contributed by atoms with E-state index in [-0.39, 0.29) is 0 Å². The van der Waals surface area contributed by atoms with Crippen molar-refractivity contribution in [3.05, 3.63) is 56.7 Å². The summed E-state index contributed by atoms with van der Waals surface area (Å²) in [6.45, 7) is 0. The zero-order valence-electron chi connectivity index (χ0n) is 8.76. The molecule has 17 heavy (non-hydrogen) atoms. The fourth-order valence-electron chi connectivity index (χ4n) is 1.73. The summed E-state index contributed by atoms with van der Waals surface area (Å²) in [6, 6.07) is 12.0. The van der Waals surface area contributed by atoms with Gasteiger partial charge >= 0.3 is 0 Å². The minimum Gasteiger partial charge on any atom is -0.383 e. The molecule has 0 aliphatic rings.